The molecule has 1 N–H and O–H groups in total. The third-order valence-corrected chi connectivity index (χ3v) is 5.03. The second-order valence-electron chi connectivity index (χ2n) is 7.04. The van der Waals surface area contributed by atoms with Gasteiger partial charge in [0, 0.05) is 30.8 Å². The third kappa shape index (κ3) is 5.91. The Balaban J connectivity index is 1.45. The standard InChI is InChI=1S/C23H25FN2O3/c1-29-21-5-3-2-4-18(21)16-23(28)26-14-12-20(13-15-26)25-22(27)11-8-17-6-9-19(24)10-7-17/h2-11,20H,12-16H2,1H3,(H,25,27)/b11-8+. The summed E-state index contributed by atoms with van der Waals surface area (Å²) >= 11 is 0. The van der Waals surface area contributed by atoms with Crippen LogP contribution in [-0.2, 0) is 16.0 Å². The average molecular weight is 396 g/mol. The second-order valence-corrected chi connectivity index (χ2v) is 7.04. The first-order valence-corrected chi connectivity index (χ1v) is 9.69. The average Bonchev–Trinajstić information content (AvgIpc) is 2.74. The maximum atomic E-state index is 12.9. The maximum Gasteiger partial charge on any atom is 0.244 e. The molecule has 5 nitrogen and oxygen atoms in total. The molecule has 1 saturated heterocycles. The van der Waals surface area contributed by atoms with Crippen LogP contribution in [0.1, 0.15) is 24.0 Å². The highest BCUT2D eigenvalue weighted by molar-refractivity contribution is 5.91. The Morgan fingerprint density at radius 2 is 1.83 bits per heavy atom. The Labute approximate surface area is 170 Å². The molecule has 2 amide bonds. The van der Waals surface area contributed by atoms with Crippen LogP contribution >= 0.6 is 0 Å². The Morgan fingerprint density at radius 1 is 1.14 bits per heavy atom. The highest BCUT2D eigenvalue weighted by Gasteiger charge is 2.24. The summed E-state index contributed by atoms with van der Waals surface area (Å²) in [6, 6.07) is 13.5. The molecule has 0 aromatic heterocycles. The van der Waals surface area contributed by atoms with Crippen molar-refractivity contribution in [3.63, 3.8) is 0 Å². The van der Waals surface area contributed by atoms with Crippen LogP contribution in [0.4, 0.5) is 4.39 Å². The van der Waals surface area contributed by atoms with Gasteiger partial charge in [-0.3, -0.25) is 9.59 Å². The van der Waals surface area contributed by atoms with Crippen LogP contribution in [0.3, 0.4) is 0 Å². The number of ether oxygens (including phenoxy) is 1. The van der Waals surface area contributed by atoms with E-state index in [2.05, 4.69) is 5.32 Å². The Bertz CT molecular complexity index is 872. The molecule has 6 heteroatoms. The van der Waals surface area contributed by atoms with Crippen LogP contribution < -0.4 is 10.1 Å². The van der Waals surface area contributed by atoms with Crippen molar-refractivity contribution < 1.29 is 18.7 Å². The molecule has 1 fully saturated rings. The summed E-state index contributed by atoms with van der Waals surface area (Å²) in [5, 5.41) is 2.97. The third-order valence-electron chi connectivity index (χ3n) is 5.03. The molecule has 1 aliphatic heterocycles. The summed E-state index contributed by atoms with van der Waals surface area (Å²) < 4.78 is 18.2. The minimum Gasteiger partial charge on any atom is -0.496 e. The van der Waals surface area contributed by atoms with E-state index in [4.69, 9.17) is 4.74 Å². The summed E-state index contributed by atoms with van der Waals surface area (Å²) in [5.41, 5.74) is 1.64. The van der Waals surface area contributed by atoms with E-state index >= 15 is 0 Å². The van der Waals surface area contributed by atoms with Crippen molar-refractivity contribution >= 4 is 17.9 Å². The van der Waals surface area contributed by atoms with E-state index in [1.807, 2.05) is 29.2 Å². The highest BCUT2D eigenvalue weighted by Crippen LogP contribution is 2.20. The number of hydrogen-bond acceptors (Lipinski definition) is 3. The molecule has 0 unspecified atom stereocenters. The van der Waals surface area contributed by atoms with Gasteiger partial charge in [0.15, 0.2) is 0 Å². The number of likely N-dealkylation sites (tertiary alicyclic amines) is 1. The summed E-state index contributed by atoms with van der Waals surface area (Å²) in [7, 11) is 1.60. The minimum absolute atomic E-state index is 0.0377. The zero-order chi connectivity index (χ0) is 20.6. The summed E-state index contributed by atoms with van der Waals surface area (Å²) in [6.07, 6.45) is 4.84. The number of halogens is 1. The Morgan fingerprint density at radius 3 is 2.52 bits per heavy atom. The van der Waals surface area contributed by atoms with E-state index in [1.165, 1.54) is 18.2 Å². The molecule has 1 aliphatic rings. The first-order chi connectivity index (χ1) is 14.0. The van der Waals surface area contributed by atoms with Gasteiger partial charge < -0.3 is 15.0 Å². The number of benzene rings is 2. The van der Waals surface area contributed by atoms with Crippen molar-refractivity contribution in [2.75, 3.05) is 20.2 Å². The maximum absolute atomic E-state index is 12.9. The van der Waals surface area contributed by atoms with Crippen LogP contribution in [0.15, 0.2) is 54.6 Å². The van der Waals surface area contributed by atoms with E-state index in [1.54, 1.807) is 25.3 Å². The van der Waals surface area contributed by atoms with Crippen molar-refractivity contribution in [1.82, 2.24) is 10.2 Å². The monoisotopic (exact) mass is 396 g/mol. The lowest BCUT2D eigenvalue weighted by Crippen LogP contribution is -2.46. The fourth-order valence-corrected chi connectivity index (χ4v) is 3.39. The van der Waals surface area contributed by atoms with Gasteiger partial charge in [-0.05, 0) is 42.7 Å². The lowest BCUT2D eigenvalue weighted by molar-refractivity contribution is -0.131. The van der Waals surface area contributed by atoms with Crippen molar-refractivity contribution in [1.29, 1.82) is 0 Å². The smallest absolute Gasteiger partial charge is 0.244 e. The quantitative estimate of drug-likeness (QED) is 0.763. The fourth-order valence-electron chi connectivity index (χ4n) is 3.39. The van der Waals surface area contributed by atoms with Gasteiger partial charge in [-0.25, -0.2) is 4.39 Å². The predicted octanol–water partition coefficient (Wildman–Crippen LogP) is 3.20. The van der Waals surface area contributed by atoms with Crippen LogP contribution in [-0.4, -0.2) is 43.0 Å². The van der Waals surface area contributed by atoms with Crippen molar-refractivity contribution in [3.05, 3.63) is 71.6 Å². The van der Waals surface area contributed by atoms with Crippen molar-refractivity contribution in [2.45, 2.75) is 25.3 Å². The van der Waals surface area contributed by atoms with Gasteiger partial charge in [-0.2, -0.15) is 0 Å². The number of methoxy groups -OCH3 is 1. The van der Waals surface area contributed by atoms with E-state index in [-0.39, 0.29) is 23.7 Å². The molecule has 2 aromatic carbocycles. The molecule has 29 heavy (non-hydrogen) atoms. The van der Waals surface area contributed by atoms with E-state index in [9.17, 15) is 14.0 Å². The van der Waals surface area contributed by atoms with Gasteiger partial charge in [-0.1, -0.05) is 30.3 Å². The van der Waals surface area contributed by atoms with Crippen molar-refractivity contribution in [3.8, 4) is 5.75 Å². The van der Waals surface area contributed by atoms with E-state index in [0.717, 1.165) is 16.9 Å². The molecular weight excluding hydrogens is 371 g/mol. The number of hydrogen-bond donors (Lipinski definition) is 1. The predicted molar refractivity (Wildman–Crippen MR) is 110 cm³/mol. The number of carbonyl (C=O) groups excluding carboxylic acids is 2. The van der Waals surface area contributed by atoms with Crippen molar-refractivity contribution in [2.24, 2.45) is 0 Å². The number of nitrogens with one attached hydrogen (secondary N) is 1. The lowest BCUT2D eigenvalue weighted by atomic mass is 10.0. The number of para-hydroxylation sites is 1. The molecule has 3 rings (SSSR count). The SMILES string of the molecule is COc1ccccc1CC(=O)N1CCC(NC(=O)/C=C/c2ccc(F)cc2)CC1. The molecule has 152 valence electrons. The first kappa shape index (κ1) is 20.6. The van der Waals surface area contributed by atoms with Gasteiger partial charge in [0.2, 0.25) is 11.8 Å². The molecule has 2 aromatic rings. The lowest BCUT2D eigenvalue weighted by Gasteiger charge is -2.32. The molecule has 0 spiro atoms. The van der Waals surface area contributed by atoms with Gasteiger partial charge in [0.05, 0.1) is 13.5 Å². The number of amides is 2. The Kier molecular flexibility index (Phi) is 7.00. The highest BCUT2D eigenvalue weighted by atomic mass is 19.1. The van der Waals surface area contributed by atoms with Gasteiger partial charge >= 0.3 is 0 Å². The molecule has 0 saturated carbocycles. The largest absolute Gasteiger partial charge is 0.496 e. The zero-order valence-electron chi connectivity index (χ0n) is 16.4. The van der Waals surface area contributed by atoms with E-state index in [0.29, 0.717) is 32.4 Å². The Hall–Kier alpha value is -3.15. The molecule has 0 atom stereocenters. The first-order valence-electron chi connectivity index (χ1n) is 9.69. The summed E-state index contributed by atoms with van der Waals surface area (Å²) in [6.45, 7) is 1.22. The summed E-state index contributed by atoms with van der Waals surface area (Å²) in [4.78, 5) is 26.5. The zero-order valence-corrected chi connectivity index (χ0v) is 16.4. The molecule has 0 radical (unpaired) electrons. The van der Waals surface area contributed by atoms with Gasteiger partial charge in [0.1, 0.15) is 11.6 Å². The van der Waals surface area contributed by atoms with E-state index < -0.39 is 0 Å². The van der Waals surface area contributed by atoms with Gasteiger partial charge in [0.25, 0.3) is 0 Å². The van der Waals surface area contributed by atoms with Crippen LogP contribution in [0.5, 0.6) is 5.75 Å². The molecule has 1 heterocycles. The van der Waals surface area contributed by atoms with Gasteiger partial charge in [-0.15, -0.1) is 0 Å². The fraction of sp³-hybridized carbons (Fsp3) is 0.304. The molecule has 0 aliphatic carbocycles. The van der Waals surface area contributed by atoms with Crippen LogP contribution in [0.25, 0.3) is 6.08 Å². The molecular formula is C23H25FN2O3. The van der Waals surface area contributed by atoms with Crippen LogP contribution in [0.2, 0.25) is 0 Å². The van der Waals surface area contributed by atoms with Crippen LogP contribution in [0, 0.1) is 5.82 Å². The normalized spacial score (nSPS) is 14.8. The summed E-state index contributed by atoms with van der Waals surface area (Å²) in [5.74, 6) is 0.290. The second kappa shape index (κ2) is 9.87. The minimum atomic E-state index is -0.307. The molecule has 0 bridgehead atoms. The number of rotatable bonds is 6. The number of piperidine rings is 1. The number of carbonyl (C=O) groups is 2. The topological polar surface area (TPSA) is 58.6 Å². The number of nitrogens with zero attached hydrogens (tertiary/aromatic N) is 1.